The first kappa shape index (κ1) is 11.1. The minimum absolute atomic E-state index is 0.150. The van der Waals surface area contributed by atoms with Gasteiger partial charge in [-0.25, -0.2) is 4.79 Å². The number of methoxy groups -OCH3 is 1. The molecule has 1 heterocycles. The Hall–Kier alpha value is -2.04. The second-order valence-corrected chi connectivity index (χ2v) is 4.66. The first-order valence-electron chi connectivity index (χ1n) is 6.02. The average Bonchev–Trinajstić information content (AvgIpc) is 3.15. The number of amidine groups is 1. The number of carbonyl (C=O) groups is 1. The van der Waals surface area contributed by atoms with E-state index in [1.165, 1.54) is 0 Å². The normalized spacial score (nSPS) is 23.2. The molecule has 1 saturated heterocycles. The molecule has 1 saturated carbocycles. The smallest absolute Gasteiger partial charge is 0.323 e. The summed E-state index contributed by atoms with van der Waals surface area (Å²) in [4.78, 5) is 13.6. The molecule has 0 bridgehead atoms. The van der Waals surface area contributed by atoms with Gasteiger partial charge in [0.15, 0.2) is 0 Å². The lowest BCUT2D eigenvalue weighted by atomic mass is 10.1. The van der Waals surface area contributed by atoms with Crippen LogP contribution in [0.15, 0.2) is 24.3 Å². The fourth-order valence-electron chi connectivity index (χ4n) is 2.35. The van der Waals surface area contributed by atoms with Gasteiger partial charge < -0.3 is 9.64 Å². The Balaban J connectivity index is 1.92. The van der Waals surface area contributed by atoms with Crippen LogP contribution in [0, 0.1) is 5.41 Å². The van der Waals surface area contributed by atoms with Crippen molar-refractivity contribution in [1.29, 1.82) is 5.41 Å². The maximum absolute atomic E-state index is 11.8. The Kier molecular flexibility index (Phi) is 2.47. The number of nitrogens with zero attached hydrogens (tertiary/aromatic N) is 1. The lowest BCUT2D eigenvalue weighted by Gasteiger charge is -2.22. The molecule has 2 aliphatic rings. The summed E-state index contributed by atoms with van der Waals surface area (Å²) in [5.41, 5.74) is 0.950. The SMILES string of the molecule is COc1ccc(C2C(=N)NC(=O)N2C2CC2)cc1. The fourth-order valence-corrected chi connectivity index (χ4v) is 2.35. The van der Waals surface area contributed by atoms with E-state index < -0.39 is 0 Å². The molecule has 2 amide bonds. The van der Waals surface area contributed by atoms with E-state index in [2.05, 4.69) is 5.32 Å². The molecule has 5 nitrogen and oxygen atoms in total. The van der Waals surface area contributed by atoms with Crippen molar-refractivity contribution in [2.24, 2.45) is 0 Å². The number of carbonyl (C=O) groups excluding carboxylic acids is 1. The Labute approximate surface area is 105 Å². The van der Waals surface area contributed by atoms with E-state index in [4.69, 9.17) is 10.1 Å². The summed E-state index contributed by atoms with van der Waals surface area (Å²) >= 11 is 0. The van der Waals surface area contributed by atoms with E-state index in [0.29, 0.717) is 6.04 Å². The van der Waals surface area contributed by atoms with Crippen LogP contribution in [-0.4, -0.2) is 29.9 Å². The summed E-state index contributed by atoms with van der Waals surface area (Å²) in [6.45, 7) is 0. The largest absolute Gasteiger partial charge is 0.497 e. The molecule has 5 heteroatoms. The molecule has 2 fully saturated rings. The van der Waals surface area contributed by atoms with Gasteiger partial charge in [-0.05, 0) is 30.5 Å². The minimum Gasteiger partial charge on any atom is -0.497 e. The number of amides is 2. The summed E-state index contributed by atoms with van der Waals surface area (Å²) in [7, 11) is 1.62. The number of nitrogens with one attached hydrogen (secondary N) is 2. The van der Waals surface area contributed by atoms with E-state index >= 15 is 0 Å². The van der Waals surface area contributed by atoms with Crippen molar-refractivity contribution in [3.05, 3.63) is 29.8 Å². The van der Waals surface area contributed by atoms with Crippen LogP contribution in [0.5, 0.6) is 5.75 Å². The second-order valence-electron chi connectivity index (χ2n) is 4.66. The van der Waals surface area contributed by atoms with Crippen LogP contribution in [0.3, 0.4) is 0 Å². The average molecular weight is 245 g/mol. The highest BCUT2D eigenvalue weighted by Gasteiger charge is 2.44. The van der Waals surface area contributed by atoms with Gasteiger partial charge in [-0.2, -0.15) is 0 Å². The summed E-state index contributed by atoms with van der Waals surface area (Å²) in [5.74, 6) is 1.04. The lowest BCUT2D eigenvalue weighted by Crippen LogP contribution is -2.31. The van der Waals surface area contributed by atoms with Crippen LogP contribution in [0.1, 0.15) is 24.4 Å². The van der Waals surface area contributed by atoms with Crippen molar-refractivity contribution < 1.29 is 9.53 Å². The van der Waals surface area contributed by atoms with Crippen LogP contribution in [0.2, 0.25) is 0 Å². The molecular formula is C13H15N3O2. The molecular weight excluding hydrogens is 230 g/mol. The summed E-state index contributed by atoms with van der Waals surface area (Å²) < 4.78 is 5.12. The van der Waals surface area contributed by atoms with Gasteiger partial charge in [0.1, 0.15) is 17.6 Å². The molecule has 0 radical (unpaired) electrons. The van der Waals surface area contributed by atoms with Crippen LogP contribution in [0.25, 0.3) is 0 Å². The van der Waals surface area contributed by atoms with E-state index in [0.717, 1.165) is 24.2 Å². The van der Waals surface area contributed by atoms with Crippen LogP contribution in [0.4, 0.5) is 4.79 Å². The van der Waals surface area contributed by atoms with Gasteiger partial charge in [-0.15, -0.1) is 0 Å². The lowest BCUT2D eigenvalue weighted by molar-refractivity contribution is 0.202. The standard InChI is InChI=1S/C13H15N3O2/c1-18-10-6-2-8(3-7-10)11-12(14)15-13(17)16(11)9-4-5-9/h2-3,6-7,9,11H,4-5H2,1H3,(H2,14,15,17). The van der Waals surface area contributed by atoms with Gasteiger partial charge >= 0.3 is 6.03 Å². The highest BCUT2D eigenvalue weighted by Crippen LogP contribution is 2.37. The van der Waals surface area contributed by atoms with E-state index in [1.54, 1.807) is 12.0 Å². The Morgan fingerprint density at radius 3 is 2.56 bits per heavy atom. The zero-order valence-electron chi connectivity index (χ0n) is 10.1. The number of rotatable bonds is 3. The first-order valence-corrected chi connectivity index (χ1v) is 6.02. The quantitative estimate of drug-likeness (QED) is 0.854. The number of hydrogen-bond acceptors (Lipinski definition) is 3. The third-order valence-corrected chi connectivity index (χ3v) is 3.40. The Morgan fingerprint density at radius 2 is 2.00 bits per heavy atom. The van der Waals surface area contributed by atoms with Crippen molar-refractivity contribution in [3.8, 4) is 5.75 Å². The maximum atomic E-state index is 11.8. The topological polar surface area (TPSA) is 65.4 Å². The molecule has 0 spiro atoms. The molecule has 1 aromatic rings. The maximum Gasteiger partial charge on any atom is 0.323 e. The molecule has 1 atom stereocenters. The first-order chi connectivity index (χ1) is 8.70. The summed E-state index contributed by atoms with van der Waals surface area (Å²) in [6.07, 6.45) is 2.07. The zero-order valence-corrected chi connectivity index (χ0v) is 10.1. The third kappa shape index (κ3) is 1.72. The summed E-state index contributed by atoms with van der Waals surface area (Å²) in [6, 6.07) is 7.41. The molecule has 1 aromatic carbocycles. The highest BCUT2D eigenvalue weighted by molar-refractivity contribution is 6.06. The fraction of sp³-hybridized carbons (Fsp3) is 0.385. The Morgan fingerprint density at radius 1 is 1.33 bits per heavy atom. The molecule has 1 aliphatic heterocycles. The van der Waals surface area contributed by atoms with Gasteiger partial charge in [-0.3, -0.25) is 10.7 Å². The number of hydrogen-bond donors (Lipinski definition) is 2. The highest BCUT2D eigenvalue weighted by atomic mass is 16.5. The van der Waals surface area contributed by atoms with Gasteiger partial charge in [0.2, 0.25) is 0 Å². The summed E-state index contributed by atoms with van der Waals surface area (Å²) in [5, 5.41) is 10.5. The van der Waals surface area contributed by atoms with Gasteiger partial charge in [0, 0.05) is 6.04 Å². The number of ether oxygens (including phenoxy) is 1. The van der Waals surface area contributed by atoms with Crippen LogP contribution >= 0.6 is 0 Å². The minimum atomic E-state index is -0.268. The van der Waals surface area contributed by atoms with Crippen molar-refractivity contribution >= 4 is 11.9 Å². The molecule has 0 aromatic heterocycles. The molecule has 2 N–H and O–H groups in total. The zero-order chi connectivity index (χ0) is 12.7. The van der Waals surface area contributed by atoms with Gasteiger partial charge in [0.05, 0.1) is 7.11 Å². The molecule has 1 aliphatic carbocycles. The van der Waals surface area contributed by atoms with Crippen molar-refractivity contribution in [2.75, 3.05) is 7.11 Å². The van der Waals surface area contributed by atoms with E-state index in [9.17, 15) is 4.79 Å². The van der Waals surface area contributed by atoms with Crippen molar-refractivity contribution in [2.45, 2.75) is 24.9 Å². The third-order valence-electron chi connectivity index (χ3n) is 3.40. The second kappa shape index (κ2) is 4.01. The predicted molar refractivity (Wildman–Crippen MR) is 66.9 cm³/mol. The van der Waals surface area contributed by atoms with E-state index in [-0.39, 0.29) is 17.9 Å². The number of benzene rings is 1. The molecule has 18 heavy (non-hydrogen) atoms. The van der Waals surface area contributed by atoms with Crippen molar-refractivity contribution in [3.63, 3.8) is 0 Å². The van der Waals surface area contributed by atoms with Gasteiger partial charge in [-0.1, -0.05) is 12.1 Å². The van der Waals surface area contributed by atoms with E-state index in [1.807, 2.05) is 24.3 Å². The van der Waals surface area contributed by atoms with Crippen molar-refractivity contribution in [1.82, 2.24) is 10.2 Å². The monoisotopic (exact) mass is 245 g/mol. The van der Waals surface area contributed by atoms with Gasteiger partial charge in [0.25, 0.3) is 0 Å². The number of urea groups is 1. The van der Waals surface area contributed by atoms with Crippen LogP contribution in [-0.2, 0) is 0 Å². The molecule has 1 unspecified atom stereocenters. The van der Waals surface area contributed by atoms with Crippen LogP contribution < -0.4 is 10.1 Å². The molecule has 3 rings (SSSR count). The molecule has 94 valence electrons. The Bertz CT molecular complexity index is 493. The predicted octanol–water partition coefficient (Wildman–Crippen LogP) is 1.90.